The maximum Gasteiger partial charge on any atom is 0.433 e. The second kappa shape index (κ2) is 22.7. The summed E-state index contributed by atoms with van der Waals surface area (Å²) in [5, 5.41) is 38.7. The summed E-state index contributed by atoms with van der Waals surface area (Å²) in [6, 6.07) is 12.5. The third-order valence-corrected chi connectivity index (χ3v) is 10.00. The molecular weight excluding hydrogens is 1020 g/mol. The summed E-state index contributed by atoms with van der Waals surface area (Å²) in [6.07, 6.45) is -8.03. The van der Waals surface area contributed by atoms with E-state index in [2.05, 4.69) is 19.9 Å². The van der Waals surface area contributed by atoms with Gasteiger partial charge in [-0.05, 0) is 60.7 Å². The number of carboxylic acids is 3. The Morgan fingerprint density at radius 3 is 1.94 bits per heavy atom. The minimum absolute atomic E-state index is 0.0623. The molecule has 0 unspecified atom stereocenters. The molecule has 70 heavy (non-hydrogen) atoms. The summed E-state index contributed by atoms with van der Waals surface area (Å²) in [7, 11) is -2.66. The Kier molecular flexibility index (Phi) is 17.6. The smallest absolute Gasteiger partial charge is 0.433 e. The van der Waals surface area contributed by atoms with Crippen molar-refractivity contribution < 1.29 is 93.1 Å². The highest BCUT2D eigenvalue weighted by Crippen LogP contribution is 2.37. The molecule has 5 N–H and O–H groups in total. The van der Waals surface area contributed by atoms with Gasteiger partial charge in [-0.25, -0.2) is 28.9 Å². The van der Waals surface area contributed by atoms with Gasteiger partial charge in [0.05, 0.1) is 46.4 Å². The standard InChI is InChI=1S/C14H7ClF3NO5.C14H12F3N5O7S.C11H8ClNO3/c15-10-5-7(14(16,17)18)1-4-12(10)24-8-2-3-11(19(22)23)9(6-8)13(20)21;1-28-8-5-9(29-2)20-12(19-8)21-13(25)22-30(26,27)10-6(11(23)24)3-4-7(18-10)14(15,16)17;12-8-3-4-9(16-6-10(14)15)11-7(8)2-1-5-13-11/h1-6H,(H,20,21);3-5H,1-2H3,(H,23,24)(H2,19,20,21,22,25);1-5H,6H2,(H,14,15). The fourth-order valence-corrected chi connectivity index (χ4v) is 6.59. The number of rotatable bonds is 13. The van der Waals surface area contributed by atoms with Crippen LogP contribution in [0.3, 0.4) is 0 Å². The molecule has 31 heteroatoms. The fraction of sp³-hybridized carbons (Fsp3) is 0.128. The Labute approximate surface area is 396 Å². The zero-order valence-electron chi connectivity index (χ0n) is 34.7. The molecule has 0 radical (unpaired) electrons. The molecule has 3 aromatic carbocycles. The average molecular weight is 1050 g/mol. The van der Waals surface area contributed by atoms with Crippen molar-refractivity contribution >= 4 is 79.7 Å². The number of fused-ring (bicyclic) bond motifs is 1. The van der Waals surface area contributed by atoms with E-state index in [1.165, 1.54) is 25.0 Å². The predicted octanol–water partition coefficient (Wildman–Crippen LogP) is 8.23. The molecule has 0 aliphatic rings. The second-order valence-corrected chi connectivity index (χ2v) is 15.2. The highest BCUT2D eigenvalue weighted by atomic mass is 35.5. The molecule has 2 amide bonds. The maximum atomic E-state index is 12.8. The van der Waals surface area contributed by atoms with Gasteiger partial charge in [0.25, 0.3) is 15.7 Å². The number of aliphatic carboxylic acids is 1. The number of nitro benzene ring substituents is 1. The van der Waals surface area contributed by atoms with Gasteiger partial charge in [-0.2, -0.15) is 44.7 Å². The number of methoxy groups -OCH3 is 2. The minimum atomic E-state index is -5.14. The molecule has 3 aromatic heterocycles. The Balaban J connectivity index is 0.000000238. The van der Waals surface area contributed by atoms with E-state index in [0.717, 1.165) is 35.7 Å². The van der Waals surface area contributed by atoms with E-state index >= 15 is 0 Å². The number of anilines is 1. The van der Waals surface area contributed by atoms with Crippen LogP contribution in [0.25, 0.3) is 10.9 Å². The van der Waals surface area contributed by atoms with E-state index < -0.39 is 96.9 Å². The van der Waals surface area contributed by atoms with Gasteiger partial charge in [-0.15, -0.1) is 0 Å². The molecule has 22 nitrogen and oxygen atoms in total. The normalized spacial score (nSPS) is 11.1. The summed E-state index contributed by atoms with van der Waals surface area (Å²) in [5.41, 5.74) is -4.43. The van der Waals surface area contributed by atoms with Crippen molar-refractivity contribution in [2.24, 2.45) is 0 Å². The topological polar surface area (TPSA) is 319 Å². The van der Waals surface area contributed by atoms with Crippen molar-refractivity contribution in [1.29, 1.82) is 0 Å². The van der Waals surface area contributed by atoms with Gasteiger partial charge in [-0.1, -0.05) is 23.2 Å². The predicted molar refractivity (Wildman–Crippen MR) is 227 cm³/mol. The number of sulfonamides is 1. The van der Waals surface area contributed by atoms with Crippen LogP contribution in [-0.2, 0) is 27.2 Å². The van der Waals surface area contributed by atoms with Crippen LogP contribution in [0.5, 0.6) is 29.0 Å². The number of halogens is 8. The molecule has 0 aliphatic carbocycles. The lowest BCUT2D eigenvalue weighted by atomic mass is 10.1. The van der Waals surface area contributed by atoms with Crippen LogP contribution in [0, 0.1) is 10.1 Å². The molecule has 0 saturated heterocycles. The molecule has 0 fully saturated rings. The van der Waals surface area contributed by atoms with Crippen LogP contribution in [-0.4, -0.2) is 93.4 Å². The highest BCUT2D eigenvalue weighted by Gasteiger charge is 2.36. The second-order valence-electron chi connectivity index (χ2n) is 12.8. The number of carbonyl (C=O) groups is 4. The van der Waals surface area contributed by atoms with Crippen molar-refractivity contribution in [3.8, 4) is 29.0 Å². The molecule has 0 spiro atoms. The van der Waals surface area contributed by atoms with Crippen molar-refractivity contribution in [2.75, 3.05) is 26.1 Å². The van der Waals surface area contributed by atoms with E-state index in [0.29, 0.717) is 34.5 Å². The number of pyridine rings is 2. The van der Waals surface area contributed by atoms with Crippen molar-refractivity contribution in [1.82, 2.24) is 24.7 Å². The Bertz CT molecular complexity index is 3080. The van der Waals surface area contributed by atoms with E-state index in [9.17, 15) is 64.1 Å². The Morgan fingerprint density at radius 2 is 1.40 bits per heavy atom. The number of benzene rings is 3. The first-order valence-corrected chi connectivity index (χ1v) is 20.5. The monoisotopic (exact) mass is 1050 g/mol. The number of aromatic nitrogens is 4. The van der Waals surface area contributed by atoms with Gasteiger partial charge in [0, 0.05) is 23.7 Å². The summed E-state index contributed by atoms with van der Waals surface area (Å²) >= 11 is 11.7. The number of nitro groups is 1. The van der Waals surface area contributed by atoms with E-state index in [4.69, 9.17) is 57.5 Å². The Morgan fingerprint density at radius 1 is 0.771 bits per heavy atom. The van der Waals surface area contributed by atoms with Gasteiger partial charge in [0.15, 0.2) is 11.6 Å². The molecular formula is C39H27Cl2F6N7O15S. The van der Waals surface area contributed by atoms with Crippen LogP contribution in [0.1, 0.15) is 32.0 Å². The van der Waals surface area contributed by atoms with Crippen LogP contribution in [0.4, 0.5) is 42.8 Å². The molecule has 0 atom stereocenters. The molecule has 3 heterocycles. The number of ether oxygens (including phenoxy) is 4. The Hall–Kier alpha value is -8.31. The SMILES string of the molecule is COc1cc(OC)nc(NC(=O)NS(=O)(=O)c2nc(C(F)(F)F)ccc2C(=O)O)n1.O=C(O)COc1ccc(Cl)c2cccnc12.O=C(O)c1cc(Oc2ccc(C(F)(F)F)cc2Cl)ccc1[N+](=O)[O-]. The molecule has 6 aromatic rings. The molecule has 0 aliphatic heterocycles. The number of nitrogens with one attached hydrogen (secondary N) is 2. The number of amides is 2. The summed E-state index contributed by atoms with van der Waals surface area (Å²) in [4.78, 5) is 68.9. The maximum absolute atomic E-state index is 12.8. The summed E-state index contributed by atoms with van der Waals surface area (Å²) in [5.74, 6) is -4.92. The van der Waals surface area contributed by atoms with Crippen LogP contribution >= 0.6 is 23.2 Å². The van der Waals surface area contributed by atoms with Crippen LogP contribution < -0.4 is 29.0 Å². The van der Waals surface area contributed by atoms with E-state index in [-0.39, 0.29) is 28.3 Å². The molecule has 0 saturated carbocycles. The number of alkyl halides is 6. The zero-order valence-corrected chi connectivity index (χ0v) is 37.0. The van der Waals surface area contributed by atoms with Gasteiger partial charge in [0.2, 0.25) is 17.7 Å². The number of carboxylic acid groups (broad SMARTS) is 3. The first-order valence-electron chi connectivity index (χ1n) is 18.2. The number of hydrogen-bond donors (Lipinski definition) is 5. The van der Waals surface area contributed by atoms with Crippen LogP contribution in [0.2, 0.25) is 10.0 Å². The number of carbonyl (C=O) groups excluding carboxylic acids is 1. The fourth-order valence-electron chi connectivity index (χ4n) is 5.10. The van der Waals surface area contributed by atoms with Gasteiger partial charge >= 0.3 is 36.3 Å². The van der Waals surface area contributed by atoms with Crippen molar-refractivity contribution in [2.45, 2.75) is 17.4 Å². The minimum Gasteiger partial charge on any atom is -0.481 e. The quantitative estimate of drug-likeness (QED) is 0.0413. The van der Waals surface area contributed by atoms with Crippen molar-refractivity contribution in [3.05, 3.63) is 128 Å². The number of hydrogen-bond acceptors (Lipinski definition) is 16. The largest absolute Gasteiger partial charge is 0.481 e. The third kappa shape index (κ3) is 14.6. The molecule has 0 bridgehead atoms. The summed E-state index contributed by atoms with van der Waals surface area (Å²) in [6.45, 7) is -0.396. The van der Waals surface area contributed by atoms with E-state index in [1.54, 1.807) is 30.5 Å². The van der Waals surface area contributed by atoms with Gasteiger partial charge < -0.3 is 34.3 Å². The van der Waals surface area contributed by atoms with Gasteiger partial charge in [-0.3, -0.25) is 20.4 Å². The third-order valence-electron chi connectivity index (χ3n) is 8.10. The lowest BCUT2D eigenvalue weighted by Crippen LogP contribution is -2.36. The number of urea groups is 1. The lowest BCUT2D eigenvalue weighted by Gasteiger charge is -2.12. The van der Waals surface area contributed by atoms with Gasteiger partial charge in [0.1, 0.15) is 34.0 Å². The van der Waals surface area contributed by atoms with Crippen LogP contribution in [0.15, 0.2) is 90.1 Å². The van der Waals surface area contributed by atoms with Crippen molar-refractivity contribution in [3.63, 3.8) is 0 Å². The number of aromatic carboxylic acids is 2. The number of nitrogens with zero attached hydrogens (tertiary/aromatic N) is 5. The zero-order chi connectivity index (χ0) is 52.3. The van der Waals surface area contributed by atoms with E-state index in [1.807, 2.05) is 5.32 Å². The molecule has 370 valence electrons. The first kappa shape index (κ1) is 54.3. The summed E-state index contributed by atoms with van der Waals surface area (Å²) < 4.78 is 122. The first-order chi connectivity index (χ1) is 32.6. The molecule has 6 rings (SSSR count). The average Bonchev–Trinajstić information content (AvgIpc) is 3.28. The highest BCUT2D eigenvalue weighted by molar-refractivity contribution is 7.90. The lowest BCUT2D eigenvalue weighted by molar-refractivity contribution is -0.385.